The van der Waals surface area contributed by atoms with E-state index in [9.17, 15) is 10.1 Å². The van der Waals surface area contributed by atoms with Crippen LogP contribution in [0.25, 0.3) is 0 Å². The highest BCUT2D eigenvalue weighted by Gasteiger charge is 2.40. The predicted octanol–water partition coefficient (Wildman–Crippen LogP) is 2.80. The number of aromatic nitrogens is 1. The number of hydrogen-bond donors (Lipinski definition) is 0. The second-order valence-corrected chi connectivity index (χ2v) is 5.99. The van der Waals surface area contributed by atoms with E-state index in [1.165, 1.54) is 0 Å². The van der Waals surface area contributed by atoms with E-state index in [0.717, 1.165) is 25.0 Å². The fraction of sp³-hybridized carbons (Fsp3) is 0.562. The fourth-order valence-electron chi connectivity index (χ4n) is 2.80. The van der Waals surface area contributed by atoms with Crippen molar-refractivity contribution in [1.29, 1.82) is 5.26 Å². The Morgan fingerprint density at radius 3 is 2.95 bits per heavy atom. The minimum absolute atomic E-state index is 0.125. The SMILES string of the molecule is CCc1cccc(C(=O)N2CCCC(C)(C)C2C#N)n1. The molecule has 4 nitrogen and oxygen atoms in total. The van der Waals surface area contributed by atoms with Crippen molar-refractivity contribution in [2.24, 2.45) is 5.41 Å². The highest BCUT2D eigenvalue weighted by molar-refractivity contribution is 5.93. The molecule has 0 radical (unpaired) electrons. The topological polar surface area (TPSA) is 57.0 Å². The van der Waals surface area contributed by atoms with E-state index in [4.69, 9.17) is 0 Å². The van der Waals surface area contributed by atoms with Crippen molar-refractivity contribution in [1.82, 2.24) is 9.88 Å². The van der Waals surface area contributed by atoms with Gasteiger partial charge in [-0.2, -0.15) is 5.26 Å². The molecule has 20 heavy (non-hydrogen) atoms. The van der Waals surface area contributed by atoms with Crippen LogP contribution in [-0.4, -0.2) is 28.4 Å². The standard InChI is InChI=1S/C16H21N3O/c1-4-12-7-5-8-13(18-12)15(20)19-10-6-9-16(2,3)14(19)11-17/h5,7-8,14H,4,6,9-10H2,1-3H3. The Hall–Kier alpha value is -1.89. The summed E-state index contributed by atoms with van der Waals surface area (Å²) in [6.07, 6.45) is 2.70. The molecule has 1 unspecified atom stereocenters. The van der Waals surface area contributed by atoms with Crippen molar-refractivity contribution in [3.63, 3.8) is 0 Å². The van der Waals surface area contributed by atoms with Crippen LogP contribution in [0.1, 0.15) is 49.8 Å². The summed E-state index contributed by atoms with van der Waals surface area (Å²) in [6.45, 7) is 6.75. The van der Waals surface area contributed by atoms with Gasteiger partial charge in [0.15, 0.2) is 0 Å². The molecule has 0 bridgehead atoms. The van der Waals surface area contributed by atoms with Crippen LogP contribution in [0.4, 0.5) is 0 Å². The van der Waals surface area contributed by atoms with Gasteiger partial charge >= 0.3 is 0 Å². The number of hydrogen-bond acceptors (Lipinski definition) is 3. The molecular formula is C16H21N3O. The van der Waals surface area contributed by atoms with E-state index in [0.29, 0.717) is 12.2 Å². The van der Waals surface area contributed by atoms with Crippen LogP contribution in [0, 0.1) is 16.7 Å². The van der Waals surface area contributed by atoms with Crippen molar-refractivity contribution in [2.75, 3.05) is 6.54 Å². The summed E-state index contributed by atoms with van der Waals surface area (Å²) < 4.78 is 0. The Kier molecular flexibility index (Phi) is 4.08. The Bertz CT molecular complexity index is 545. The highest BCUT2D eigenvalue weighted by atomic mass is 16.2. The summed E-state index contributed by atoms with van der Waals surface area (Å²) in [6, 6.07) is 7.43. The minimum Gasteiger partial charge on any atom is -0.321 e. The van der Waals surface area contributed by atoms with Gasteiger partial charge in [-0.05, 0) is 36.8 Å². The number of nitrogens with zero attached hydrogens (tertiary/aromatic N) is 3. The lowest BCUT2D eigenvalue weighted by Crippen LogP contribution is -2.51. The number of pyridine rings is 1. The van der Waals surface area contributed by atoms with Gasteiger partial charge in [0.2, 0.25) is 0 Å². The lowest BCUT2D eigenvalue weighted by atomic mass is 9.77. The zero-order valence-electron chi connectivity index (χ0n) is 12.4. The highest BCUT2D eigenvalue weighted by Crippen LogP contribution is 2.35. The lowest BCUT2D eigenvalue weighted by Gasteiger charge is -2.42. The number of amides is 1. The van der Waals surface area contributed by atoms with E-state index in [-0.39, 0.29) is 17.4 Å². The molecule has 0 aromatic carbocycles. The van der Waals surface area contributed by atoms with Crippen LogP contribution in [0.3, 0.4) is 0 Å². The molecule has 1 amide bonds. The second-order valence-electron chi connectivity index (χ2n) is 5.99. The van der Waals surface area contributed by atoms with Crippen molar-refractivity contribution >= 4 is 5.91 Å². The van der Waals surface area contributed by atoms with Gasteiger partial charge in [-0.3, -0.25) is 4.79 Å². The summed E-state index contributed by atoms with van der Waals surface area (Å²) in [5.74, 6) is -0.125. The molecule has 2 heterocycles. The third kappa shape index (κ3) is 2.67. The van der Waals surface area contributed by atoms with Gasteiger partial charge in [0.25, 0.3) is 5.91 Å². The molecule has 0 N–H and O–H groups in total. The minimum atomic E-state index is -0.379. The molecule has 0 saturated carbocycles. The maximum Gasteiger partial charge on any atom is 0.273 e. The molecule has 0 aliphatic carbocycles. The first-order valence-electron chi connectivity index (χ1n) is 7.16. The number of carbonyl (C=O) groups excluding carboxylic acids is 1. The Balaban J connectivity index is 2.29. The zero-order valence-corrected chi connectivity index (χ0v) is 12.4. The third-order valence-corrected chi connectivity index (χ3v) is 4.04. The largest absolute Gasteiger partial charge is 0.321 e. The van der Waals surface area contributed by atoms with Crippen molar-refractivity contribution in [3.05, 3.63) is 29.6 Å². The molecule has 1 atom stereocenters. The molecule has 0 spiro atoms. The molecule has 1 aromatic heterocycles. The lowest BCUT2D eigenvalue weighted by molar-refractivity contribution is 0.0432. The van der Waals surface area contributed by atoms with Gasteiger partial charge in [0.05, 0.1) is 6.07 Å². The van der Waals surface area contributed by atoms with E-state index in [1.54, 1.807) is 11.0 Å². The third-order valence-electron chi connectivity index (χ3n) is 4.04. The number of nitriles is 1. The van der Waals surface area contributed by atoms with Gasteiger partial charge in [-0.15, -0.1) is 0 Å². The van der Waals surface area contributed by atoms with Gasteiger partial charge in [-0.25, -0.2) is 4.98 Å². The molecule has 1 aliphatic rings. The molecule has 1 aliphatic heterocycles. The second kappa shape index (κ2) is 5.62. The Labute approximate surface area is 120 Å². The summed E-state index contributed by atoms with van der Waals surface area (Å²) in [7, 11) is 0. The van der Waals surface area contributed by atoms with E-state index < -0.39 is 0 Å². The first kappa shape index (κ1) is 14.5. The van der Waals surface area contributed by atoms with Gasteiger partial charge < -0.3 is 4.90 Å². The molecular weight excluding hydrogens is 250 g/mol. The summed E-state index contributed by atoms with van der Waals surface area (Å²) in [4.78, 5) is 18.7. The van der Waals surface area contributed by atoms with Gasteiger partial charge in [-0.1, -0.05) is 26.8 Å². The van der Waals surface area contributed by atoms with Crippen LogP contribution in [-0.2, 0) is 6.42 Å². The smallest absolute Gasteiger partial charge is 0.273 e. The van der Waals surface area contributed by atoms with Crippen molar-refractivity contribution in [2.45, 2.75) is 46.1 Å². The van der Waals surface area contributed by atoms with Gasteiger partial charge in [0.1, 0.15) is 11.7 Å². The Morgan fingerprint density at radius 2 is 2.30 bits per heavy atom. The monoisotopic (exact) mass is 271 g/mol. The Morgan fingerprint density at radius 1 is 1.55 bits per heavy atom. The van der Waals surface area contributed by atoms with Crippen molar-refractivity contribution < 1.29 is 4.79 Å². The fourth-order valence-corrected chi connectivity index (χ4v) is 2.80. The van der Waals surface area contributed by atoms with Crippen LogP contribution in [0.15, 0.2) is 18.2 Å². The number of carbonyl (C=O) groups is 1. The summed E-state index contributed by atoms with van der Waals surface area (Å²) >= 11 is 0. The van der Waals surface area contributed by atoms with Crippen molar-refractivity contribution in [3.8, 4) is 6.07 Å². The molecule has 4 heteroatoms. The molecule has 2 rings (SSSR count). The molecule has 106 valence electrons. The average molecular weight is 271 g/mol. The van der Waals surface area contributed by atoms with Crippen LogP contribution in [0.2, 0.25) is 0 Å². The summed E-state index contributed by atoms with van der Waals surface area (Å²) in [5.41, 5.74) is 1.19. The van der Waals surface area contributed by atoms with E-state index >= 15 is 0 Å². The van der Waals surface area contributed by atoms with E-state index in [1.807, 2.05) is 19.1 Å². The predicted molar refractivity (Wildman–Crippen MR) is 77.1 cm³/mol. The number of aryl methyl sites for hydroxylation is 1. The first-order chi connectivity index (χ1) is 9.49. The van der Waals surface area contributed by atoms with Crippen LogP contribution >= 0.6 is 0 Å². The number of piperidine rings is 1. The maximum atomic E-state index is 12.6. The summed E-state index contributed by atoms with van der Waals surface area (Å²) in [5, 5.41) is 9.43. The molecule has 1 aromatic rings. The molecule has 1 saturated heterocycles. The first-order valence-corrected chi connectivity index (χ1v) is 7.16. The zero-order chi connectivity index (χ0) is 14.8. The normalized spacial score (nSPS) is 21.3. The molecule has 1 fully saturated rings. The van der Waals surface area contributed by atoms with Gasteiger partial charge in [0, 0.05) is 12.2 Å². The maximum absolute atomic E-state index is 12.6. The van der Waals surface area contributed by atoms with E-state index in [2.05, 4.69) is 24.9 Å². The number of likely N-dealkylation sites (tertiary alicyclic amines) is 1. The quantitative estimate of drug-likeness (QED) is 0.831. The van der Waals surface area contributed by atoms with Crippen LogP contribution < -0.4 is 0 Å². The number of rotatable bonds is 2. The van der Waals surface area contributed by atoms with Crippen LogP contribution in [0.5, 0.6) is 0 Å². The average Bonchev–Trinajstić information content (AvgIpc) is 2.45.